The standard InChI is InChI=1S/C57H74N8O7/c1-6-64-46-18-17-38-29-42(46)43(51(64)41-13-9-21-58-47(41)34(2)71-5)30-56(3,4)33-72-55(70)44-14-10-22-65(61-44)53(68)45(27-35-25-39(38)28-40(66)26-35)59-52(67)50(37-11-7-8-12-37)62-23-19-57(31-62)20-24-63(32-57)54(69)49-48(60-49)36-15-16-36/h9,13,17-18,21,25-26,28-29,34,36-37,44-45,48-50,60-61,66H,6-8,10-12,14-16,19-20,22-24,27,30-33H2,1-5H3,(H,59,67)/t34-,44-,45-,48+,49+,50-,57-/m0/s1. The van der Waals surface area contributed by atoms with Gasteiger partial charge in [0.15, 0.2) is 0 Å². The fraction of sp³-hybridized carbons (Fsp3) is 0.596. The summed E-state index contributed by atoms with van der Waals surface area (Å²) in [6.45, 7) is 12.5. The molecule has 5 aliphatic heterocycles. The number of aryl methyl sites for hydroxylation is 1. The molecule has 2 aromatic carbocycles. The number of aromatic hydroxyl groups is 1. The van der Waals surface area contributed by atoms with Gasteiger partial charge in [0.25, 0.3) is 5.91 Å². The topological polar surface area (TPSA) is 181 Å². The Morgan fingerprint density at radius 1 is 0.972 bits per heavy atom. The van der Waals surface area contributed by atoms with Crippen molar-refractivity contribution in [2.24, 2.45) is 22.7 Å². The predicted octanol–water partition coefficient (Wildman–Crippen LogP) is 6.69. The van der Waals surface area contributed by atoms with Crippen molar-refractivity contribution in [3.8, 4) is 28.1 Å². The minimum absolute atomic E-state index is 0.0388. The van der Waals surface area contributed by atoms with Crippen LogP contribution in [0.1, 0.15) is 115 Å². The molecule has 6 fully saturated rings. The third kappa shape index (κ3) is 9.55. The molecule has 7 atom stereocenters. The molecule has 4 aromatic rings. The third-order valence-corrected chi connectivity index (χ3v) is 17.4. The number of methoxy groups -OCH3 is 1. The Morgan fingerprint density at radius 3 is 2.56 bits per heavy atom. The number of amides is 3. The molecule has 6 bridgehead atoms. The Bertz CT molecular complexity index is 2750. The molecule has 0 unspecified atom stereocenters. The number of carbonyl (C=O) groups is 4. The molecule has 72 heavy (non-hydrogen) atoms. The molecule has 2 aliphatic carbocycles. The summed E-state index contributed by atoms with van der Waals surface area (Å²) < 4.78 is 14.4. The number of rotatable bonds is 10. The molecular formula is C57H74N8O7. The van der Waals surface area contributed by atoms with Gasteiger partial charge in [-0.15, -0.1) is 0 Å². The summed E-state index contributed by atoms with van der Waals surface area (Å²) in [4.78, 5) is 67.2. The van der Waals surface area contributed by atoms with Gasteiger partial charge in [0, 0.05) is 85.8 Å². The molecular weight excluding hydrogens is 909 g/mol. The lowest BCUT2D eigenvalue weighted by atomic mass is 9.84. The fourth-order valence-corrected chi connectivity index (χ4v) is 13.4. The molecule has 0 radical (unpaired) electrons. The number of phenolic OH excluding ortho intramolecular Hbond substituents is 1. The lowest BCUT2D eigenvalue weighted by Gasteiger charge is -2.37. The second-order valence-electron chi connectivity index (χ2n) is 23.3. The van der Waals surface area contributed by atoms with E-state index in [-0.39, 0.29) is 60.0 Å². The van der Waals surface area contributed by atoms with Gasteiger partial charge in [0.05, 0.1) is 30.1 Å². The van der Waals surface area contributed by atoms with Crippen molar-refractivity contribution < 1.29 is 33.8 Å². The lowest BCUT2D eigenvalue weighted by molar-refractivity contribution is -0.155. The highest BCUT2D eigenvalue weighted by atomic mass is 16.5. The highest BCUT2D eigenvalue weighted by molar-refractivity contribution is 5.96. The number of phenols is 1. The summed E-state index contributed by atoms with van der Waals surface area (Å²) in [5, 5.41) is 20.8. The third-order valence-electron chi connectivity index (χ3n) is 17.4. The highest BCUT2D eigenvalue weighted by Crippen LogP contribution is 2.46. The number of aromatic nitrogens is 2. The number of benzene rings is 2. The first-order valence-corrected chi connectivity index (χ1v) is 27.0. The van der Waals surface area contributed by atoms with Crippen LogP contribution in [-0.4, -0.2) is 130 Å². The molecule has 11 rings (SSSR count). The number of hydrazine groups is 1. The van der Waals surface area contributed by atoms with Crippen LogP contribution in [0.3, 0.4) is 0 Å². The van der Waals surface area contributed by atoms with Crippen LogP contribution in [0, 0.1) is 22.7 Å². The zero-order chi connectivity index (χ0) is 50.1. The maximum atomic E-state index is 15.2. The van der Waals surface area contributed by atoms with E-state index in [1.807, 2.05) is 19.1 Å². The number of esters is 1. The van der Waals surface area contributed by atoms with E-state index in [9.17, 15) is 14.7 Å². The Balaban J connectivity index is 0.933. The molecule has 7 heterocycles. The minimum Gasteiger partial charge on any atom is -0.508 e. The van der Waals surface area contributed by atoms with Crippen molar-refractivity contribution in [1.29, 1.82) is 0 Å². The Morgan fingerprint density at radius 2 is 1.78 bits per heavy atom. The molecule has 15 heteroatoms. The number of pyridine rings is 1. The van der Waals surface area contributed by atoms with Crippen molar-refractivity contribution in [3.05, 3.63) is 71.5 Å². The van der Waals surface area contributed by atoms with Crippen LogP contribution in [0.15, 0.2) is 54.7 Å². The summed E-state index contributed by atoms with van der Waals surface area (Å²) in [5.74, 6) is 0.167. The van der Waals surface area contributed by atoms with E-state index in [4.69, 9.17) is 14.5 Å². The zero-order valence-electron chi connectivity index (χ0n) is 42.9. The van der Waals surface area contributed by atoms with E-state index in [1.54, 1.807) is 25.4 Å². The molecule has 4 N–H and O–H groups in total. The largest absolute Gasteiger partial charge is 0.508 e. The van der Waals surface area contributed by atoms with Gasteiger partial charge in [-0.1, -0.05) is 38.8 Å². The van der Waals surface area contributed by atoms with Gasteiger partial charge in [0.2, 0.25) is 11.8 Å². The van der Waals surface area contributed by atoms with Crippen molar-refractivity contribution >= 4 is 34.6 Å². The number of cyclic esters (lactones) is 1. The molecule has 384 valence electrons. The number of nitrogens with one attached hydrogen (secondary N) is 3. The summed E-state index contributed by atoms with van der Waals surface area (Å²) in [7, 11) is 1.69. The van der Waals surface area contributed by atoms with Crippen molar-refractivity contribution in [1.82, 2.24) is 40.4 Å². The second kappa shape index (κ2) is 19.5. The Labute approximate surface area is 423 Å². The Kier molecular flexibility index (Phi) is 13.2. The van der Waals surface area contributed by atoms with Gasteiger partial charge in [-0.2, -0.15) is 0 Å². The van der Waals surface area contributed by atoms with E-state index in [2.05, 4.69) is 75.5 Å². The van der Waals surface area contributed by atoms with Crippen LogP contribution < -0.4 is 16.1 Å². The van der Waals surface area contributed by atoms with Crippen molar-refractivity contribution in [2.45, 2.75) is 148 Å². The molecule has 1 spiro atoms. The van der Waals surface area contributed by atoms with Crippen LogP contribution in [-0.2, 0) is 48.0 Å². The van der Waals surface area contributed by atoms with Crippen molar-refractivity contribution in [3.63, 3.8) is 0 Å². The average Bonchev–Trinajstić information content (AvgIpc) is 4.19. The van der Waals surface area contributed by atoms with Gasteiger partial charge in [-0.05, 0) is 149 Å². The van der Waals surface area contributed by atoms with Gasteiger partial charge < -0.3 is 29.4 Å². The van der Waals surface area contributed by atoms with Gasteiger partial charge in [0.1, 0.15) is 23.9 Å². The second-order valence-corrected chi connectivity index (χ2v) is 23.3. The molecule has 3 amide bonds. The number of carbonyl (C=O) groups excluding carboxylic acids is 4. The number of fused-ring (bicyclic) bond motifs is 6. The first-order chi connectivity index (χ1) is 34.7. The molecule has 2 saturated carbocycles. The van der Waals surface area contributed by atoms with Crippen LogP contribution in [0.5, 0.6) is 5.75 Å². The Hall–Kier alpha value is -5.35. The number of hydrogen-bond acceptors (Lipinski definition) is 11. The normalized spacial score (nSPS) is 27.8. The average molecular weight is 983 g/mol. The van der Waals surface area contributed by atoms with Crippen LogP contribution in [0.2, 0.25) is 0 Å². The SMILES string of the molecule is CCn1c(-c2cccnc2[C@H](C)OC)c2c3cc(ccc31)-c1cc(O)cc(c1)C[C@H](NC(=O)[C@H](C1CCCC1)N1CC[C@]3(CCN(C(=O)[C@@H]4N[C@@H]4C4CC4)C3)C1)C(=O)N1CCC[C@H](N1)C(=O)OCC(C)(C)C2. The van der Waals surface area contributed by atoms with Crippen LogP contribution in [0.4, 0.5) is 0 Å². The first-order valence-electron chi connectivity index (χ1n) is 27.0. The molecule has 15 nitrogen and oxygen atoms in total. The molecule has 4 saturated heterocycles. The highest BCUT2D eigenvalue weighted by Gasteiger charge is 2.55. The molecule has 2 aromatic heterocycles. The first kappa shape index (κ1) is 48.9. The number of ether oxygens (including phenoxy) is 2. The van der Waals surface area contributed by atoms with Crippen LogP contribution in [0.25, 0.3) is 33.3 Å². The van der Waals surface area contributed by atoms with E-state index in [0.717, 1.165) is 109 Å². The van der Waals surface area contributed by atoms with E-state index in [1.165, 1.54) is 17.9 Å². The minimum atomic E-state index is -1.00. The van der Waals surface area contributed by atoms with Gasteiger partial charge in [-0.25, -0.2) is 5.43 Å². The van der Waals surface area contributed by atoms with Crippen LogP contribution >= 0.6 is 0 Å². The zero-order valence-corrected chi connectivity index (χ0v) is 42.9. The van der Waals surface area contributed by atoms with Crippen molar-refractivity contribution in [2.75, 3.05) is 46.4 Å². The quantitative estimate of drug-likeness (QED) is 0.0984. The maximum absolute atomic E-state index is 15.2. The van der Waals surface area contributed by atoms with Gasteiger partial charge >= 0.3 is 5.97 Å². The number of nitrogens with zero attached hydrogens (tertiary/aromatic N) is 5. The summed E-state index contributed by atoms with van der Waals surface area (Å²) >= 11 is 0. The number of likely N-dealkylation sites (tertiary alicyclic amines) is 2. The summed E-state index contributed by atoms with van der Waals surface area (Å²) in [5.41, 5.74) is 10.0. The molecule has 7 aliphatic rings. The summed E-state index contributed by atoms with van der Waals surface area (Å²) in [6.07, 6.45) is 11.6. The monoisotopic (exact) mass is 983 g/mol. The van der Waals surface area contributed by atoms with E-state index < -0.39 is 29.5 Å². The predicted molar refractivity (Wildman–Crippen MR) is 274 cm³/mol. The van der Waals surface area contributed by atoms with E-state index in [0.29, 0.717) is 49.9 Å². The maximum Gasteiger partial charge on any atom is 0.324 e. The van der Waals surface area contributed by atoms with E-state index >= 15 is 9.59 Å². The number of hydrogen-bond donors (Lipinski definition) is 4. The fourth-order valence-electron chi connectivity index (χ4n) is 13.4. The van der Waals surface area contributed by atoms with Gasteiger partial charge in [-0.3, -0.25) is 39.4 Å². The smallest absolute Gasteiger partial charge is 0.324 e. The lowest BCUT2D eigenvalue weighted by Crippen LogP contribution is -2.62. The summed E-state index contributed by atoms with van der Waals surface area (Å²) in [6, 6.07) is 14.1.